The molecule has 4 atom stereocenters. The van der Waals surface area contributed by atoms with E-state index in [9.17, 15) is 9.59 Å². The minimum absolute atomic E-state index is 0.00995. The van der Waals surface area contributed by atoms with Crippen molar-refractivity contribution in [3.8, 4) is 0 Å². The second-order valence-electron chi connectivity index (χ2n) is 4.58. The van der Waals surface area contributed by atoms with Crippen molar-refractivity contribution >= 4 is 11.9 Å². The summed E-state index contributed by atoms with van der Waals surface area (Å²) in [5, 5.41) is 0. The standard InChI is InChI=1S/C14H26O8/c1-9(15)21-8-11(18-4)13(19-5)14(20-6)12(7-17-3)22-10(2)16/h11-14H,7-8H2,1-6H3/t11-,12+,13+,14+/m0/s1. The van der Waals surface area contributed by atoms with Crippen LogP contribution < -0.4 is 0 Å². The molecule has 0 spiro atoms. The third-order valence-corrected chi connectivity index (χ3v) is 3.00. The zero-order chi connectivity index (χ0) is 17.1. The summed E-state index contributed by atoms with van der Waals surface area (Å²) in [7, 11) is 5.87. The molecule has 0 aromatic rings. The van der Waals surface area contributed by atoms with Crippen LogP contribution in [-0.2, 0) is 38.0 Å². The molecule has 0 fully saturated rings. The Morgan fingerprint density at radius 1 is 0.773 bits per heavy atom. The first-order valence-corrected chi connectivity index (χ1v) is 6.79. The monoisotopic (exact) mass is 322 g/mol. The normalized spacial score (nSPS) is 16.5. The molecule has 130 valence electrons. The number of rotatable bonds is 11. The Labute approximate surface area is 130 Å². The molecule has 0 rings (SSSR count). The van der Waals surface area contributed by atoms with Gasteiger partial charge < -0.3 is 28.4 Å². The van der Waals surface area contributed by atoms with Crippen molar-refractivity contribution in [2.24, 2.45) is 0 Å². The summed E-state index contributed by atoms with van der Waals surface area (Å²) >= 11 is 0. The Kier molecular flexibility index (Phi) is 10.7. The summed E-state index contributed by atoms with van der Waals surface area (Å²) in [6, 6.07) is 0. The molecule has 0 amide bonds. The number of methoxy groups -OCH3 is 4. The van der Waals surface area contributed by atoms with Crippen LogP contribution in [0, 0.1) is 0 Å². The maximum Gasteiger partial charge on any atom is 0.303 e. The van der Waals surface area contributed by atoms with Gasteiger partial charge in [-0.25, -0.2) is 0 Å². The predicted octanol–water partition coefficient (Wildman–Crippen LogP) is 0.173. The fourth-order valence-electron chi connectivity index (χ4n) is 2.06. The molecule has 0 radical (unpaired) electrons. The fourth-order valence-corrected chi connectivity index (χ4v) is 2.06. The van der Waals surface area contributed by atoms with Crippen molar-refractivity contribution in [1.82, 2.24) is 0 Å². The van der Waals surface area contributed by atoms with E-state index in [0.29, 0.717) is 0 Å². The quantitative estimate of drug-likeness (QED) is 0.497. The van der Waals surface area contributed by atoms with E-state index in [0.717, 1.165) is 0 Å². The van der Waals surface area contributed by atoms with Gasteiger partial charge in [0.1, 0.15) is 24.9 Å². The first-order valence-electron chi connectivity index (χ1n) is 6.79. The van der Waals surface area contributed by atoms with Crippen LogP contribution in [0.4, 0.5) is 0 Å². The van der Waals surface area contributed by atoms with E-state index >= 15 is 0 Å². The highest BCUT2D eigenvalue weighted by Crippen LogP contribution is 2.17. The summed E-state index contributed by atoms with van der Waals surface area (Å²) in [5.41, 5.74) is 0. The minimum atomic E-state index is -0.688. The molecule has 22 heavy (non-hydrogen) atoms. The van der Waals surface area contributed by atoms with Crippen LogP contribution >= 0.6 is 0 Å². The molecule has 0 saturated heterocycles. The van der Waals surface area contributed by atoms with Crippen molar-refractivity contribution in [2.75, 3.05) is 41.7 Å². The molecule has 0 aromatic heterocycles. The second kappa shape index (κ2) is 11.4. The van der Waals surface area contributed by atoms with E-state index in [1.54, 1.807) is 0 Å². The van der Waals surface area contributed by atoms with Crippen LogP contribution in [-0.4, -0.2) is 78.0 Å². The van der Waals surface area contributed by atoms with Crippen molar-refractivity contribution in [2.45, 2.75) is 38.3 Å². The predicted molar refractivity (Wildman–Crippen MR) is 76.5 cm³/mol. The van der Waals surface area contributed by atoms with Crippen LogP contribution in [0.15, 0.2) is 0 Å². The van der Waals surface area contributed by atoms with E-state index < -0.39 is 36.4 Å². The lowest BCUT2D eigenvalue weighted by molar-refractivity contribution is -0.185. The van der Waals surface area contributed by atoms with Gasteiger partial charge in [0.2, 0.25) is 0 Å². The van der Waals surface area contributed by atoms with Gasteiger partial charge in [-0.05, 0) is 0 Å². The largest absolute Gasteiger partial charge is 0.463 e. The molecular weight excluding hydrogens is 296 g/mol. The van der Waals surface area contributed by atoms with Gasteiger partial charge in [-0.1, -0.05) is 0 Å². The van der Waals surface area contributed by atoms with Gasteiger partial charge in [-0.3, -0.25) is 9.59 Å². The lowest BCUT2D eigenvalue weighted by atomic mass is 10.0. The van der Waals surface area contributed by atoms with Crippen molar-refractivity contribution in [3.63, 3.8) is 0 Å². The molecule has 0 aliphatic rings. The summed E-state index contributed by atoms with van der Waals surface area (Å²) in [5.74, 6) is -0.896. The lowest BCUT2D eigenvalue weighted by Gasteiger charge is -2.34. The Morgan fingerprint density at radius 3 is 1.68 bits per heavy atom. The van der Waals surface area contributed by atoms with Gasteiger partial charge in [0.15, 0.2) is 6.10 Å². The summed E-state index contributed by atoms with van der Waals surface area (Å²) in [6.45, 7) is 2.71. The zero-order valence-corrected chi connectivity index (χ0v) is 14.0. The summed E-state index contributed by atoms with van der Waals surface area (Å²) in [6.07, 6.45) is -2.57. The Morgan fingerprint density at radius 2 is 1.32 bits per heavy atom. The van der Waals surface area contributed by atoms with Gasteiger partial charge in [-0.2, -0.15) is 0 Å². The second-order valence-corrected chi connectivity index (χ2v) is 4.58. The van der Waals surface area contributed by atoms with E-state index in [1.807, 2.05) is 0 Å². The third kappa shape index (κ3) is 7.17. The number of carbonyl (C=O) groups is 2. The first kappa shape index (κ1) is 20.8. The molecular formula is C14H26O8. The highest BCUT2D eigenvalue weighted by molar-refractivity contribution is 5.66. The molecule has 0 aliphatic heterocycles. The average Bonchev–Trinajstić information content (AvgIpc) is 2.45. The van der Waals surface area contributed by atoms with Crippen LogP contribution in [0.5, 0.6) is 0 Å². The number of hydrogen-bond acceptors (Lipinski definition) is 8. The smallest absolute Gasteiger partial charge is 0.303 e. The van der Waals surface area contributed by atoms with E-state index in [4.69, 9.17) is 28.4 Å². The highest BCUT2D eigenvalue weighted by atomic mass is 16.6. The van der Waals surface area contributed by atoms with Gasteiger partial charge in [0, 0.05) is 42.3 Å². The molecule has 0 aromatic carbocycles. The maximum atomic E-state index is 11.2. The third-order valence-electron chi connectivity index (χ3n) is 3.00. The first-order chi connectivity index (χ1) is 10.4. The lowest BCUT2D eigenvalue weighted by Crippen LogP contribution is -2.51. The molecule has 0 saturated carbocycles. The highest BCUT2D eigenvalue weighted by Gasteiger charge is 2.38. The van der Waals surface area contributed by atoms with Gasteiger partial charge in [-0.15, -0.1) is 0 Å². The zero-order valence-electron chi connectivity index (χ0n) is 14.0. The molecule has 0 aliphatic carbocycles. The fraction of sp³-hybridized carbons (Fsp3) is 0.857. The van der Waals surface area contributed by atoms with E-state index in [-0.39, 0.29) is 13.2 Å². The summed E-state index contributed by atoms with van der Waals surface area (Å²) < 4.78 is 31.3. The van der Waals surface area contributed by atoms with Crippen LogP contribution in [0.2, 0.25) is 0 Å². The van der Waals surface area contributed by atoms with Crippen LogP contribution in [0.25, 0.3) is 0 Å². The van der Waals surface area contributed by atoms with Gasteiger partial charge in [0.05, 0.1) is 6.61 Å². The number of ether oxygens (including phenoxy) is 6. The summed E-state index contributed by atoms with van der Waals surface area (Å²) in [4.78, 5) is 22.2. The average molecular weight is 322 g/mol. The number of hydrogen-bond donors (Lipinski definition) is 0. The molecule has 0 N–H and O–H groups in total. The van der Waals surface area contributed by atoms with Crippen molar-refractivity contribution in [1.29, 1.82) is 0 Å². The number of esters is 2. The molecule has 0 heterocycles. The van der Waals surface area contributed by atoms with Crippen LogP contribution in [0.1, 0.15) is 13.8 Å². The van der Waals surface area contributed by atoms with Crippen molar-refractivity contribution < 1.29 is 38.0 Å². The SMILES string of the molecule is COC[C@@H](OC(C)=O)[C@@H](OC)[C@H](OC)[C@H](COC(C)=O)OC. The Bertz CT molecular complexity index is 333. The molecule has 0 bridgehead atoms. The Balaban J connectivity index is 5.12. The van der Waals surface area contributed by atoms with E-state index in [2.05, 4.69) is 0 Å². The van der Waals surface area contributed by atoms with Gasteiger partial charge in [0.25, 0.3) is 0 Å². The van der Waals surface area contributed by atoms with Crippen molar-refractivity contribution in [3.05, 3.63) is 0 Å². The topological polar surface area (TPSA) is 89.5 Å². The molecule has 8 nitrogen and oxygen atoms in total. The molecule has 8 heteroatoms. The van der Waals surface area contributed by atoms with Crippen LogP contribution in [0.3, 0.4) is 0 Å². The maximum absolute atomic E-state index is 11.2. The number of carbonyl (C=O) groups excluding carboxylic acids is 2. The minimum Gasteiger partial charge on any atom is -0.463 e. The van der Waals surface area contributed by atoms with Gasteiger partial charge >= 0.3 is 11.9 Å². The Hall–Kier alpha value is -1.22. The molecule has 0 unspecified atom stereocenters. The van der Waals surface area contributed by atoms with E-state index in [1.165, 1.54) is 42.3 Å².